The summed E-state index contributed by atoms with van der Waals surface area (Å²) in [4.78, 5) is 43.8. The summed E-state index contributed by atoms with van der Waals surface area (Å²) in [5.41, 5.74) is -2.33. The Morgan fingerprint density at radius 3 is 2.47 bits per heavy atom. The van der Waals surface area contributed by atoms with Crippen molar-refractivity contribution >= 4 is 40.4 Å². The summed E-state index contributed by atoms with van der Waals surface area (Å²) >= 11 is 6.86. The minimum Gasteiger partial charge on any atom is -0.445 e. The highest BCUT2D eigenvalue weighted by atomic mass is 35.5. The molecule has 1 aromatic heterocycles. The zero-order valence-electron chi connectivity index (χ0n) is 19.9. The average molecular weight is 573 g/mol. The zero-order chi connectivity index (χ0) is 27.4. The number of aromatic amines is 2. The molecule has 2 aromatic carbocycles. The molecule has 3 aromatic rings. The first kappa shape index (κ1) is 28.0. The molecule has 4 rings (SSSR count). The Balaban J connectivity index is 1.35. The zero-order valence-corrected chi connectivity index (χ0v) is 21.5. The Morgan fingerprint density at radius 2 is 1.82 bits per heavy atom. The van der Waals surface area contributed by atoms with Crippen molar-refractivity contribution in [3.8, 4) is 0 Å². The van der Waals surface area contributed by atoms with Crippen LogP contribution >= 0.6 is 23.4 Å². The largest absolute Gasteiger partial charge is 0.445 e. The molecular weight excluding hydrogens is 549 g/mol. The molecule has 1 amide bonds. The second kappa shape index (κ2) is 11.8. The van der Waals surface area contributed by atoms with E-state index in [1.165, 1.54) is 0 Å². The fourth-order valence-electron chi connectivity index (χ4n) is 4.05. The monoisotopic (exact) mass is 572 g/mol. The van der Waals surface area contributed by atoms with Crippen LogP contribution < -0.4 is 11.2 Å². The molecule has 14 heteroatoms. The van der Waals surface area contributed by atoms with Crippen LogP contribution in [0.5, 0.6) is 0 Å². The Hall–Kier alpha value is -3.00. The van der Waals surface area contributed by atoms with Gasteiger partial charge in [0, 0.05) is 38.5 Å². The van der Waals surface area contributed by atoms with E-state index in [-0.39, 0.29) is 34.7 Å². The molecule has 0 unspecified atom stereocenters. The lowest BCUT2D eigenvalue weighted by Gasteiger charge is -2.35. The van der Waals surface area contributed by atoms with Gasteiger partial charge in [-0.25, -0.2) is 9.59 Å². The second-order valence-electron chi connectivity index (χ2n) is 8.69. The van der Waals surface area contributed by atoms with Crippen LogP contribution in [0.25, 0.3) is 10.9 Å². The van der Waals surface area contributed by atoms with Crippen LogP contribution in [0, 0.1) is 0 Å². The summed E-state index contributed by atoms with van der Waals surface area (Å²) in [6, 6.07) is 9.89. The summed E-state index contributed by atoms with van der Waals surface area (Å²) in [6.07, 6.45) is -6.23. The van der Waals surface area contributed by atoms with Crippen molar-refractivity contribution in [2.45, 2.75) is 23.8 Å². The molecule has 204 valence electrons. The highest BCUT2D eigenvalue weighted by molar-refractivity contribution is 7.99. The number of alkyl halides is 3. The molecule has 2 heterocycles. The summed E-state index contributed by atoms with van der Waals surface area (Å²) in [6.45, 7) is 2.09. The van der Waals surface area contributed by atoms with E-state index in [2.05, 4.69) is 4.98 Å². The number of aliphatic hydroxyl groups is 1. The molecule has 1 fully saturated rings. The van der Waals surface area contributed by atoms with Crippen LogP contribution in [0.3, 0.4) is 0 Å². The van der Waals surface area contributed by atoms with Crippen molar-refractivity contribution in [1.82, 2.24) is 19.8 Å². The predicted molar refractivity (Wildman–Crippen MR) is 137 cm³/mol. The summed E-state index contributed by atoms with van der Waals surface area (Å²) < 4.78 is 45.9. The van der Waals surface area contributed by atoms with E-state index in [1.807, 2.05) is 40.2 Å². The fourth-order valence-corrected chi connectivity index (χ4v) is 5.47. The van der Waals surface area contributed by atoms with Crippen molar-refractivity contribution in [3.05, 3.63) is 73.4 Å². The lowest BCUT2D eigenvalue weighted by Crippen LogP contribution is -2.50. The number of nitrogens with one attached hydrogen (secondary N) is 2. The molecule has 0 bridgehead atoms. The van der Waals surface area contributed by atoms with Crippen molar-refractivity contribution in [2.75, 3.05) is 38.5 Å². The number of amides is 1. The highest BCUT2D eigenvalue weighted by Crippen LogP contribution is 2.42. The average Bonchev–Trinajstić information content (AvgIpc) is 2.87. The Labute approximate surface area is 223 Å². The number of H-pyrrole nitrogens is 2. The van der Waals surface area contributed by atoms with Gasteiger partial charge in [-0.1, -0.05) is 41.9 Å². The number of fused-ring (bicyclic) bond motifs is 1. The van der Waals surface area contributed by atoms with E-state index in [4.69, 9.17) is 16.3 Å². The summed E-state index contributed by atoms with van der Waals surface area (Å²) in [5, 5.41) is 9.55. The number of piperazine rings is 1. The molecule has 38 heavy (non-hydrogen) atoms. The number of hydrogen-bond donors (Lipinski definition) is 3. The quantitative estimate of drug-likeness (QED) is 0.372. The predicted octanol–water partition coefficient (Wildman–Crippen LogP) is 3.30. The molecule has 1 saturated heterocycles. The first-order valence-electron chi connectivity index (χ1n) is 11.6. The maximum atomic E-state index is 13.5. The van der Waals surface area contributed by atoms with E-state index in [0.29, 0.717) is 32.2 Å². The number of aliphatic hydroxyl groups excluding tert-OH is 1. The number of nitrogens with zero attached hydrogens (tertiary/aromatic N) is 2. The number of halogens is 4. The van der Waals surface area contributed by atoms with Gasteiger partial charge in [-0.3, -0.25) is 14.7 Å². The van der Waals surface area contributed by atoms with Gasteiger partial charge >= 0.3 is 18.0 Å². The van der Waals surface area contributed by atoms with Gasteiger partial charge < -0.3 is 19.7 Å². The normalized spacial score (nSPS) is 15.6. The van der Waals surface area contributed by atoms with Gasteiger partial charge in [0.05, 0.1) is 32.5 Å². The Morgan fingerprint density at radius 1 is 1.13 bits per heavy atom. The number of ether oxygens (including phenoxy) is 1. The summed E-state index contributed by atoms with van der Waals surface area (Å²) in [7, 11) is 0. The number of benzene rings is 2. The molecule has 1 aliphatic rings. The lowest BCUT2D eigenvalue weighted by atomic mass is 10.1. The Bertz CT molecular complexity index is 1410. The minimum absolute atomic E-state index is 0.0513. The maximum absolute atomic E-state index is 13.5. The third kappa shape index (κ3) is 6.70. The van der Waals surface area contributed by atoms with Crippen LogP contribution in [-0.4, -0.2) is 75.5 Å². The molecule has 1 aliphatic heterocycles. The van der Waals surface area contributed by atoms with Gasteiger partial charge in [-0.05, 0) is 11.6 Å². The van der Waals surface area contributed by atoms with E-state index in [9.17, 15) is 32.7 Å². The van der Waals surface area contributed by atoms with Crippen LogP contribution in [0.4, 0.5) is 18.0 Å². The number of thioether (sulfide) groups is 1. The van der Waals surface area contributed by atoms with Crippen molar-refractivity contribution < 1.29 is 27.8 Å². The van der Waals surface area contributed by atoms with Gasteiger partial charge in [0.2, 0.25) is 0 Å². The van der Waals surface area contributed by atoms with Crippen molar-refractivity contribution in [1.29, 1.82) is 0 Å². The van der Waals surface area contributed by atoms with Gasteiger partial charge in [0.25, 0.3) is 5.56 Å². The van der Waals surface area contributed by atoms with Crippen LogP contribution in [0.2, 0.25) is 5.02 Å². The van der Waals surface area contributed by atoms with E-state index >= 15 is 0 Å². The molecule has 0 radical (unpaired) electrons. The van der Waals surface area contributed by atoms with Crippen LogP contribution in [0.1, 0.15) is 11.1 Å². The van der Waals surface area contributed by atoms with Gasteiger partial charge in [0.15, 0.2) is 0 Å². The molecule has 0 spiro atoms. The molecular formula is C24H24ClF3N4O5S. The third-order valence-electron chi connectivity index (χ3n) is 5.96. The fraction of sp³-hybridized carbons (Fsp3) is 0.375. The van der Waals surface area contributed by atoms with E-state index in [0.717, 1.165) is 17.3 Å². The molecule has 9 nitrogen and oxygen atoms in total. The SMILES string of the molecule is O=C(OCc1ccccc1)N1CCN(C[C@@H](O)CSc2c(Cl)c(C(F)(F)F)cc3c(=O)[nH]c(=O)[nH]c23)CC1. The van der Waals surface area contributed by atoms with Crippen LogP contribution in [0.15, 0.2) is 50.9 Å². The number of rotatable bonds is 7. The third-order valence-corrected chi connectivity index (χ3v) is 7.71. The molecule has 0 saturated carbocycles. The molecule has 0 aliphatic carbocycles. The van der Waals surface area contributed by atoms with Gasteiger partial charge in [-0.2, -0.15) is 13.2 Å². The van der Waals surface area contributed by atoms with Gasteiger partial charge in [-0.15, -0.1) is 11.8 Å². The van der Waals surface area contributed by atoms with Crippen LogP contribution in [-0.2, 0) is 17.5 Å². The number of hydrogen-bond acceptors (Lipinski definition) is 7. The number of aromatic nitrogens is 2. The number of carbonyl (C=O) groups is 1. The molecule has 3 N–H and O–H groups in total. The minimum atomic E-state index is -4.83. The standard InChI is InChI=1S/C24H24ClF3N4O5S/c25-18-17(24(26,27)28)10-16-19(29-22(35)30-21(16)34)20(18)38-13-15(33)11-31-6-8-32(9-7-31)23(36)37-12-14-4-2-1-3-5-14/h1-5,10,15,33H,6-9,11-13H2,(H2,29,30,34,35)/t15-/m1/s1. The Kier molecular flexibility index (Phi) is 8.71. The maximum Gasteiger partial charge on any atom is 0.417 e. The second-order valence-corrected chi connectivity index (χ2v) is 10.1. The van der Waals surface area contributed by atoms with Gasteiger partial charge in [0.1, 0.15) is 6.61 Å². The number of carbonyl (C=O) groups excluding carboxylic acids is 1. The van der Waals surface area contributed by atoms with E-state index < -0.39 is 40.2 Å². The van der Waals surface area contributed by atoms with Crippen molar-refractivity contribution in [2.24, 2.45) is 0 Å². The lowest BCUT2D eigenvalue weighted by molar-refractivity contribution is -0.137. The summed E-state index contributed by atoms with van der Waals surface area (Å²) in [5.74, 6) is -0.0513. The first-order chi connectivity index (χ1) is 18.0. The topological polar surface area (TPSA) is 119 Å². The van der Waals surface area contributed by atoms with Crippen molar-refractivity contribution in [3.63, 3.8) is 0 Å². The number of β-amino-alcohol motifs (C(OH)–C–C–N with tert-alkyl or cyclic N) is 1. The van der Waals surface area contributed by atoms with E-state index in [1.54, 1.807) is 4.90 Å². The smallest absolute Gasteiger partial charge is 0.417 e. The highest BCUT2D eigenvalue weighted by Gasteiger charge is 2.36. The first-order valence-corrected chi connectivity index (χ1v) is 12.9. The molecule has 1 atom stereocenters.